The summed E-state index contributed by atoms with van der Waals surface area (Å²) in [4.78, 5) is 20.2. The number of unbranched alkanes of at least 4 members (excludes halogenated alkanes) is 1. The van der Waals surface area contributed by atoms with E-state index in [0.717, 1.165) is 28.6 Å². The highest BCUT2D eigenvalue weighted by molar-refractivity contribution is 9.10. The highest BCUT2D eigenvalue weighted by Crippen LogP contribution is 2.22. The summed E-state index contributed by atoms with van der Waals surface area (Å²) < 4.78 is 1.02. The smallest absolute Gasteiger partial charge is 0.254 e. The van der Waals surface area contributed by atoms with Crippen LogP contribution in [0, 0.1) is 6.92 Å². The van der Waals surface area contributed by atoms with E-state index >= 15 is 0 Å². The summed E-state index contributed by atoms with van der Waals surface area (Å²) >= 11 is 3.43. The molecule has 0 aliphatic heterocycles. The minimum atomic E-state index is -0.139. The zero-order chi connectivity index (χ0) is 15.9. The van der Waals surface area contributed by atoms with Crippen molar-refractivity contribution in [2.75, 3.05) is 11.9 Å². The number of carbonyl (C=O) groups excluding carboxylic acids is 1. The Morgan fingerprint density at radius 3 is 2.64 bits per heavy atom. The maximum atomic E-state index is 11.9. The van der Waals surface area contributed by atoms with Crippen LogP contribution in [0.15, 0.2) is 35.1 Å². The Kier molecular flexibility index (Phi) is 5.89. The number of amides is 1. The van der Waals surface area contributed by atoms with Gasteiger partial charge in [-0.15, -0.1) is 0 Å². The van der Waals surface area contributed by atoms with Crippen LogP contribution in [0.25, 0.3) is 0 Å². The first kappa shape index (κ1) is 16.4. The molecule has 1 heterocycles. The molecule has 22 heavy (non-hydrogen) atoms. The molecule has 2 rings (SSSR count). The molecular weight excluding hydrogens is 344 g/mol. The topological polar surface area (TPSA) is 66.9 Å². The fourth-order valence-corrected chi connectivity index (χ4v) is 2.35. The van der Waals surface area contributed by atoms with E-state index in [4.69, 9.17) is 0 Å². The van der Waals surface area contributed by atoms with E-state index in [1.54, 1.807) is 0 Å². The molecular formula is C16H19BrN4O. The fraction of sp³-hybridized carbons (Fsp3) is 0.312. The molecule has 0 spiro atoms. The highest BCUT2D eigenvalue weighted by atomic mass is 79.9. The first-order chi connectivity index (χ1) is 10.6. The van der Waals surface area contributed by atoms with Crippen molar-refractivity contribution in [3.8, 4) is 0 Å². The average molecular weight is 363 g/mol. The number of nitrogens with one attached hydrogen (secondary N) is 2. The molecule has 2 N–H and O–H groups in total. The highest BCUT2D eigenvalue weighted by Gasteiger charge is 2.07. The Bertz CT molecular complexity index is 643. The fourth-order valence-electron chi connectivity index (χ4n) is 1.88. The molecule has 2 aromatic rings. The van der Waals surface area contributed by atoms with Gasteiger partial charge >= 0.3 is 0 Å². The van der Waals surface area contributed by atoms with Crippen molar-refractivity contribution in [2.45, 2.75) is 26.7 Å². The van der Waals surface area contributed by atoms with Crippen molar-refractivity contribution in [3.05, 3.63) is 46.2 Å². The predicted molar refractivity (Wildman–Crippen MR) is 91.4 cm³/mol. The molecule has 1 aromatic carbocycles. The molecule has 0 atom stereocenters. The number of halogens is 1. The molecule has 0 fully saturated rings. The summed E-state index contributed by atoms with van der Waals surface area (Å²) in [6.07, 6.45) is 5.08. The molecule has 0 bridgehead atoms. The predicted octanol–water partition coefficient (Wildman–Crippen LogP) is 3.82. The van der Waals surface area contributed by atoms with E-state index in [9.17, 15) is 4.79 Å². The molecule has 0 radical (unpaired) electrons. The van der Waals surface area contributed by atoms with Crippen molar-refractivity contribution in [2.24, 2.45) is 0 Å². The van der Waals surface area contributed by atoms with Gasteiger partial charge in [0.1, 0.15) is 0 Å². The van der Waals surface area contributed by atoms with Crippen LogP contribution in [0.1, 0.15) is 35.7 Å². The second-order valence-corrected chi connectivity index (χ2v) is 5.90. The second-order valence-electron chi connectivity index (χ2n) is 4.99. The summed E-state index contributed by atoms with van der Waals surface area (Å²) in [6, 6.07) is 5.91. The maximum absolute atomic E-state index is 11.9. The molecule has 6 heteroatoms. The summed E-state index contributed by atoms with van der Waals surface area (Å²) in [6.45, 7) is 4.76. The number of hydrogen-bond acceptors (Lipinski definition) is 4. The minimum absolute atomic E-state index is 0.139. The lowest BCUT2D eigenvalue weighted by Gasteiger charge is -2.09. The lowest BCUT2D eigenvalue weighted by molar-refractivity contribution is 0.0952. The zero-order valence-corrected chi connectivity index (χ0v) is 14.3. The standard InChI is InChI=1S/C16H19BrN4O/c1-3-4-7-18-15(22)12-9-19-16(20-10-12)21-14-6-5-13(17)8-11(14)2/h5-6,8-10H,3-4,7H2,1-2H3,(H,18,22)(H,19,20,21). The van der Waals surface area contributed by atoms with Crippen LogP contribution < -0.4 is 10.6 Å². The average Bonchev–Trinajstić information content (AvgIpc) is 2.51. The Hall–Kier alpha value is -1.95. The first-order valence-electron chi connectivity index (χ1n) is 7.23. The quantitative estimate of drug-likeness (QED) is 0.766. The van der Waals surface area contributed by atoms with Crippen LogP contribution in [0.5, 0.6) is 0 Å². The molecule has 0 aliphatic rings. The minimum Gasteiger partial charge on any atom is -0.352 e. The van der Waals surface area contributed by atoms with Crippen molar-refractivity contribution >= 4 is 33.5 Å². The van der Waals surface area contributed by atoms with Crippen LogP contribution in [-0.2, 0) is 0 Å². The van der Waals surface area contributed by atoms with E-state index in [0.29, 0.717) is 18.1 Å². The largest absolute Gasteiger partial charge is 0.352 e. The monoisotopic (exact) mass is 362 g/mol. The Labute approximate surface area is 138 Å². The van der Waals surface area contributed by atoms with E-state index in [1.165, 1.54) is 12.4 Å². The Balaban J connectivity index is 2.01. The lowest BCUT2D eigenvalue weighted by Crippen LogP contribution is -2.24. The van der Waals surface area contributed by atoms with Crippen LogP contribution in [0.2, 0.25) is 0 Å². The van der Waals surface area contributed by atoms with E-state index in [2.05, 4.69) is 43.5 Å². The first-order valence-corrected chi connectivity index (χ1v) is 8.03. The van der Waals surface area contributed by atoms with Crippen LogP contribution in [-0.4, -0.2) is 22.4 Å². The van der Waals surface area contributed by atoms with Gasteiger partial charge in [-0.3, -0.25) is 4.79 Å². The third-order valence-corrected chi connectivity index (χ3v) is 3.66. The number of nitrogens with zero attached hydrogens (tertiary/aromatic N) is 2. The van der Waals surface area contributed by atoms with Crippen LogP contribution >= 0.6 is 15.9 Å². The molecule has 0 saturated heterocycles. The van der Waals surface area contributed by atoms with Gasteiger partial charge in [0.25, 0.3) is 5.91 Å². The third-order valence-electron chi connectivity index (χ3n) is 3.16. The number of benzene rings is 1. The Morgan fingerprint density at radius 2 is 2.00 bits per heavy atom. The summed E-state index contributed by atoms with van der Waals surface area (Å²) in [5.41, 5.74) is 2.48. The second kappa shape index (κ2) is 7.89. The molecule has 0 aliphatic carbocycles. The van der Waals surface area contributed by atoms with Gasteiger partial charge in [0.2, 0.25) is 5.95 Å². The summed E-state index contributed by atoms with van der Waals surface area (Å²) in [5, 5.41) is 5.98. The lowest BCUT2D eigenvalue weighted by atomic mass is 10.2. The number of hydrogen-bond donors (Lipinski definition) is 2. The van der Waals surface area contributed by atoms with Gasteiger partial charge in [-0.2, -0.15) is 0 Å². The molecule has 0 unspecified atom stereocenters. The molecule has 1 amide bonds. The van der Waals surface area contributed by atoms with Gasteiger partial charge in [-0.05, 0) is 37.1 Å². The van der Waals surface area contributed by atoms with Crippen LogP contribution in [0.3, 0.4) is 0 Å². The van der Waals surface area contributed by atoms with E-state index < -0.39 is 0 Å². The van der Waals surface area contributed by atoms with Gasteiger partial charge in [0.05, 0.1) is 5.56 Å². The Morgan fingerprint density at radius 1 is 1.27 bits per heavy atom. The van der Waals surface area contributed by atoms with Gasteiger partial charge in [-0.25, -0.2) is 9.97 Å². The van der Waals surface area contributed by atoms with Crippen molar-refractivity contribution < 1.29 is 4.79 Å². The number of aromatic nitrogens is 2. The number of rotatable bonds is 6. The van der Waals surface area contributed by atoms with Crippen molar-refractivity contribution in [1.82, 2.24) is 15.3 Å². The summed E-state index contributed by atoms with van der Waals surface area (Å²) in [7, 11) is 0. The SMILES string of the molecule is CCCCNC(=O)c1cnc(Nc2ccc(Br)cc2C)nc1. The number of carbonyl (C=O) groups is 1. The van der Waals surface area contributed by atoms with Crippen LogP contribution in [0.4, 0.5) is 11.6 Å². The van der Waals surface area contributed by atoms with E-state index in [1.807, 2.05) is 25.1 Å². The normalized spacial score (nSPS) is 10.3. The van der Waals surface area contributed by atoms with Gasteiger partial charge < -0.3 is 10.6 Å². The maximum Gasteiger partial charge on any atom is 0.254 e. The third kappa shape index (κ3) is 4.53. The molecule has 116 valence electrons. The van der Waals surface area contributed by atoms with Crippen molar-refractivity contribution in [3.63, 3.8) is 0 Å². The number of aryl methyl sites for hydroxylation is 1. The van der Waals surface area contributed by atoms with E-state index in [-0.39, 0.29) is 5.91 Å². The van der Waals surface area contributed by atoms with Gasteiger partial charge in [0, 0.05) is 29.1 Å². The number of anilines is 2. The molecule has 5 nitrogen and oxygen atoms in total. The van der Waals surface area contributed by atoms with Gasteiger partial charge in [0.15, 0.2) is 0 Å². The van der Waals surface area contributed by atoms with Gasteiger partial charge in [-0.1, -0.05) is 29.3 Å². The van der Waals surface area contributed by atoms with Crippen molar-refractivity contribution in [1.29, 1.82) is 0 Å². The summed E-state index contributed by atoms with van der Waals surface area (Å²) in [5.74, 6) is 0.329. The molecule has 0 saturated carbocycles. The molecule has 1 aromatic heterocycles. The zero-order valence-electron chi connectivity index (χ0n) is 12.7.